The van der Waals surface area contributed by atoms with E-state index in [1.807, 2.05) is 26.0 Å². The highest BCUT2D eigenvalue weighted by atomic mass is 19.1. The van der Waals surface area contributed by atoms with Gasteiger partial charge in [-0.25, -0.2) is 4.39 Å². The van der Waals surface area contributed by atoms with Crippen LogP contribution in [0, 0.1) is 5.82 Å². The lowest BCUT2D eigenvalue weighted by molar-refractivity contribution is -0.134. The summed E-state index contributed by atoms with van der Waals surface area (Å²) in [4.78, 5) is 40.6. The number of benzene rings is 3. The summed E-state index contributed by atoms with van der Waals surface area (Å²) in [6, 6.07) is 18.6. The molecule has 3 aromatic carbocycles. The third-order valence-corrected chi connectivity index (χ3v) is 8.22. The monoisotopic (exact) mass is 591 g/mol. The Labute approximate surface area is 254 Å². The Bertz CT molecular complexity index is 1480. The third-order valence-electron chi connectivity index (χ3n) is 8.22. The number of carbonyl (C=O) groups is 3. The number of ether oxygens (including phenoxy) is 2. The second-order valence-electron chi connectivity index (χ2n) is 11.0. The topological polar surface area (TPSA) is 97.0 Å². The number of amides is 3. The van der Waals surface area contributed by atoms with Gasteiger partial charge in [-0.1, -0.05) is 50.2 Å². The van der Waals surface area contributed by atoms with Crippen LogP contribution in [0.4, 0.5) is 10.1 Å². The van der Waals surface area contributed by atoms with Crippen molar-refractivity contribution in [3.63, 3.8) is 0 Å². The molecule has 0 spiro atoms. The molecule has 43 heavy (non-hydrogen) atoms. The molecule has 0 unspecified atom stereocenters. The number of hydrogen-bond donors (Lipinski definition) is 2. The molecule has 2 heterocycles. The first kappa shape index (κ1) is 30.2. The number of hydrogen-bond acceptors (Lipinski definition) is 5. The molecule has 230 valence electrons. The van der Waals surface area contributed by atoms with Gasteiger partial charge in [0, 0.05) is 21.6 Å². The second kappa shape index (κ2) is 13.4. The van der Waals surface area contributed by atoms with Gasteiger partial charge in [-0.05, 0) is 67.1 Å². The Morgan fingerprint density at radius 2 is 1.70 bits per heavy atom. The predicted octanol–water partition coefficient (Wildman–Crippen LogP) is 5.65. The van der Waals surface area contributed by atoms with Gasteiger partial charge in [-0.15, -0.1) is 0 Å². The summed E-state index contributed by atoms with van der Waals surface area (Å²) in [7, 11) is 1.73. The van der Waals surface area contributed by atoms with Gasteiger partial charge in [0.05, 0.1) is 29.7 Å². The van der Waals surface area contributed by atoms with Crippen LogP contribution in [0.1, 0.15) is 67.8 Å². The molecule has 2 N–H and O–H groups in total. The largest absolute Gasteiger partial charge is 0.490 e. The van der Waals surface area contributed by atoms with Crippen molar-refractivity contribution in [1.82, 2.24) is 10.2 Å². The predicted molar refractivity (Wildman–Crippen MR) is 166 cm³/mol. The Morgan fingerprint density at radius 1 is 1.00 bits per heavy atom. The lowest BCUT2D eigenvalue weighted by Gasteiger charge is -2.42. The summed E-state index contributed by atoms with van der Waals surface area (Å²) < 4.78 is 26.4. The average molecular weight is 592 g/mol. The number of fused-ring (bicyclic) bond motifs is 3. The molecule has 1 saturated heterocycles. The fraction of sp³-hybridized carbons (Fsp3) is 0.382. The fourth-order valence-corrected chi connectivity index (χ4v) is 6.10. The molecule has 3 atom stereocenters. The van der Waals surface area contributed by atoms with E-state index in [-0.39, 0.29) is 57.6 Å². The SMILES string of the molecule is CC.CN1C(=O)c2cc(NC(=O)c3ccccc3F)ccc2OC[C@@H]2O[C@H](CC(=O)NC3Cc4ccccc4C3)CC[C@@H]21.[HH].[HH]. The van der Waals surface area contributed by atoms with Crippen LogP contribution in [0.2, 0.25) is 0 Å². The summed E-state index contributed by atoms with van der Waals surface area (Å²) in [6.45, 7) is 4.21. The molecule has 1 aliphatic carbocycles. The van der Waals surface area contributed by atoms with Crippen LogP contribution >= 0.6 is 0 Å². The molecule has 0 radical (unpaired) electrons. The summed E-state index contributed by atoms with van der Waals surface area (Å²) >= 11 is 0. The Morgan fingerprint density at radius 3 is 2.42 bits per heavy atom. The lowest BCUT2D eigenvalue weighted by atomic mass is 9.94. The first-order valence-electron chi connectivity index (χ1n) is 15.0. The molecule has 0 bridgehead atoms. The standard InChI is InChI=1S/C32H32FN3O5.C2H6.2H2/c1-36-27-12-11-23(17-30(37)34-22-14-19-6-2-3-7-20(19)15-22)41-29(27)18-40-28-13-10-21(16-25(28)32(36)39)35-31(38)24-8-4-5-9-26(24)33;1-2;;/h2-10,13,16,22-23,27,29H,11-12,14-15,17-18H2,1H3,(H,34,37)(H,35,38);1-2H3;2*1H/t23-,27-,29-;;;/m0.../s1. The van der Waals surface area contributed by atoms with Crippen LogP contribution in [0.25, 0.3) is 0 Å². The Hall–Kier alpha value is -4.24. The molecule has 3 aromatic rings. The highest BCUT2D eigenvalue weighted by Gasteiger charge is 2.39. The van der Waals surface area contributed by atoms with Crippen molar-refractivity contribution in [2.24, 2.45) is 0 Å². The maximum atomic E-state index is 14.0. The van der Waals surface area contributed by atoms with E-state index < -0.39 is 11.7 Å². The first-order valence-corrected chi connectivity index (χ1v) is 15.0. The maximum absolute atomic E-state index is 14.0. The molecular formula is C34H42FN3O5. The summed E-state index contributed by atoms with van der Waals surface area (Å²) in [5.74, 6) is -1.16. The number of nitrogens with one attached hydrogen (secondary N) is 2. The number of carbonyl (C=O) groups excluding carboxylic acids is 3. The molecular weight excluding hydrogens is 549 g/mol. The molecule has 1 fully saturated rings. The molecule has 3 amide bonds. The van der Waals surface area contributed by atoms with Gasteiger partial charge in [0.2, 0.25) is 5.91 Å². The number of rotatable bonds is 5. The van der Waals surface area contributed by atoms with Crippen LogP contribution in [0.3, 0.4) is 0 Å². The highest BCUT2D eigenvalue weighted by Crippen LogP contribution is 2.33. The third kappa shape index (κ3) is 6.72. The van der Waals surface area contributed by atoms with E-state index >= 15 is 0 Å². The van der Waals surface area contributed by atoms with Crippen LogP contribution in [-0.4, -0.2) is 60.6 Å². The average Bonchev–Trinajstić information content (AvgIpc) is 3.42. The summed E-state index contributed by atoms with van der Waals surface area (Å²) in [6.07, 6.45) is 2.60. The van der Waals surface area contributed by atoms with E-state index in [1.54, 1.807) is 36.2 Å². The van der Waals surface area contributed by atoms with E-state index in [2.05, 4.69) is 22.8 Å². The van der Waals surface area contributed by atoms with Crippen molar-refractivity contribution in [2.45, 2.75) is 70.2 Å². The van der Waals surface area contributed by atoms with Gasteiger partial charge in [0.25, 0.3) is 11.8 Å². The van der Waals surface area contributed by atoms with E-state index in [9.17, 15) is 18.8 Å². The fourth-order valence-electron chi connectivity index (χ4n) is 6.10. The van der Waals surface area contributed by atoms with E-state index in [1.165, 1.54) is 29.3 Å². The molecule has 9 heteroatoms. The zero-order valence-electron chi connectivity index (χ0n) is 24.8. The van der Waals surface area contributed by atoms with Gasteiger partial charge in [0.1, 0.15) is 24.3 Å². The highest BCUT2D eigenvalue weighted by molar-refractivity contribution is 6.05. The lowest BCUT2D eigenvalue weighted by Crippen LogP contribution is -2.54. The van der Waals surface area contributed by atoms with Gasteiger partial charge in [0.15, 0.2) is 0 Å². The first-order chi connectivity index (χ1) is 20.9. The van der Waals surface area contributed by atoms with Crippen molar-refractivity contribution in [3.8, 4) is 5.75 Å². The van der Waals surface area contributed by atoms with Crippen molar-refractivity contribution >= 4 is 23.4 Å². The number of likely N-dealkylation sites (N-methyl/N-ethyl adjacent to an activating group) is 1. The Kier molecular flexibility index (Phi) is 9.40. The van der Waals surface area contributed by atoms with Gasteiger partial charge in [-0.3, -0.25) is 14.4 Å². The van der Waals surface area contributed by atoms with Crippen LogP contribution < -0.4 is 15.4 Å². The second-order valence-corrected chi connectivity index (χ2v) is 11.0. The van der Waals surface area contributed by atoms with Gasteiger partial charge in [-0.2, -0.15) is 0 Å². The molecule has 3 aliphatic rings. The zero-order chi connectivity index (χ0) is 30.5. The number of anilines is 1. The van der Waals surface area contributed by atoms with Crippen molar-refractivity contribution in [1.29, 1.82) is 0 Å². The molecule has 0 aromatic heterocycles. The van der Waals surface area contributed by atoms with E-state index in [4.69, 9.17) is 9.47 Å². The molecule has 2 aliphatic heterocycles. The van der Waals surface area contributed by atoms with Crippen molar-refractivity contribution in [3.05, 3.63) is 94.8 Å². The van der Waals surface area contributed by atoms with E-state index in [0.717, 1.165) is 12.8 Å². The van der Waals surface area contributed by atoms with Gasteiger partial charge >= 0.3 is 0 Å². The molecule has 8 nitrogen and oxygen atoms in total. The maximum Gasteiger partial charge on any atom is 0.258 e. The minimum atomic E-state index is -0.626. The quantitative estimate of drug-likeness (QED) is 0.400. The number of nitrogens with zero attached hydrogens (tertiary/aromatic N) is 1. The van der Waals surface area contributed by atoms with E-state index in [0.29, 0.717) is 29.8 Å². The van der Waals surface area contributed by atoms with Crippen molar-refractivity contribution in [2.75, 3.05) is 19.0 Å². The molecule has 0 saturated carbocycles. The van der Waals surface area contributed by atoms with Crippen molar-refractivity contribution < 1.29 is 31.1 Å². The zero-order valence-corrected chi connectivity index (χ0v) is 24.8. The summed E-state index contributed by atoms with van der Waals surface area (Å²) in [5, 5.41) is 5.83. The minimum Gasteiger partial charge on any atom is -0.490 e. The van der Waals surface area contributed by atoms with Crippen LogP contribution in [0.15, 0.2) is 66.7 Å². The normalized spacial score (nSPS) is 21.1. The number of halogens is 1. The Balaban J connectivity index is 0.00000135. The van der Waals surface area contributed by atoms with Gasteiger partial charge < -0.3 is 25.0 Å². The smallest absolute Gasteiger partial charge is 0.258 e. The summed E-state index contributed by atoms with van der Waals surface area (Å²) in [5.41, 5.74) is 3.15. The van der Waals surface area contributed by atoms with Crippen LogP contribution in [0.5, 0.6) is 5.75 Å². The molecule has 6 rings (SSSR count). The van der Waals surface area contributed by atoms with Crippen LogP contribution in [-0.2, 0) is 22.4 Å². The minimum absolute atomic E-state index is 0.